The van der Waals surface area contributed by atoms with Crippen LogP contribution < -0.4 is 5.73 Å². The van der Waals surface area contributed by atoms with Gasteiger partial charge < -0.3 is 10.3 Å². The highest BCUT2D eigenvalue weighted by molar-refractivity contribution is 7.09. The summed E-state index contributed by atoms with van der Waals surface area (Å²) >= 11 is 1.64. The number of hydrogen-bond acceptors (Lipinski definition) is 5. The molecule has 5 nitrogen and oxygen atoms in total. The number of pyridine rings is 1. The molecule has 0 aliphatic rings. The van der Waals surface area contributed by atoms with E-state index in [-0.39, 0.29) is 5.54 Å². The number of nitrogens with two attached hydrogens (primary N) is 1. The Hall–Kier alpha value is -1.79. The molecular weight excluding hydrogens is 282 g/mol. The van der Waals surface area contributed by atoms with Gasteiger partial charge in [-0.1, -0.05) is 0 Å². The summed E-state index contributed by atoms with van der Waals surface area (Å²) in [6.45, 7) is 7.13. The van der Waals surface area contributed by atoms with Gasteiger partial charge in [-0.15, -0.1) is 11.3 Å². The standard InChI is InChI=1S/C15H19N5S/c1-15(2,3)20-12-5-7-17-8-10(12)19-14(20)11-9-21-13(18-11)4-6-16/h5,7-9H,4,6,16H2,1-3H3. The van der Waals surface area contributed by atoms with Gasteiger partial charge in [0, 0.05) is 23.5 Å². The van der Waals surface area contributed by atoms with E-state index in [2.05, 4.69) is 40.7 Å². The summed E-state index contributed by atoms with van der Waals surface area (Å²) in [7, 11) is 0. The van der Waals surface area contributed by atoms with E-state index in [4.69, 9.17) is 10.7 Å². The van der Waals surface area contributed by atoms with Gasteiger partial charge in [0.25, 0.3) is 0 Å². The number of aromatic nitrogens is 4. The zero-order valence-electron chi connectivity index (χ0n) is 12.5. The lowest BCUT2D eigenvalue weighted by Crippen LogP contribution is -2.22. The Balaban J connectivity index is 2.21. The Morgan fingerprint density at radius 1 is 1.29 bits per heavy atom. The molecule has 0 bridgehead atoms. The van der Waals surface area contributed by atoms with Crippen molar-refractivity contribution in [3.63, 3.8) is 0 Å². The molecule has 0 saturated heterocycles. The number of thiazole rings is 1. The Morgan fingerprint density at radius 3 is 2.81 bits per heavy atom. The van der Waals surface area contributed by atoms with Crippen molar-refractivity contribution in [2.45, 2.75) is 32.7 Å². The zero-order chi connectivity index (χ0) is 15.0. The van der Waals surface area contributed by atoms with Crippen LogP contribution in [0.5, 0.6) is 0 Å². The molecule has 3 aromatic rings. The highest BCUT2D eigenvalue weighted by Crippen LogP contribution is 2.31. The summed E-state index contributed by atoms with van der Waals surface area (Å²) in [5.41, 5.74) is 8.42. The molecule has 0 amide bonds. The van der Waals surface area contributed by atoms with Gasteiger partial charge >= 0.3 is 0 Å². The van der Waals surface area contributed by atoms with Crippen molar-refractivity contribution in [1.29, 1.82) is 0 Å². The maximum absolute atomic E-state index is 5.61. The molecule has 0 aliphatic carbocycles. The zero-order valence-corrected chi connectivity index (χ0v) is 13.3. The number of nitrogens with zero attached hydrogens (tertiary/aromatic N) is 4. The molecule has 0 atom stereocenters. The SMILES string of the molecule is CC(C)(C)n1c(-c2csc(CCN)n2)nc2cnccc21. The maximum atomic E-state index is 5.61. The fraction of sp³-hybridized carbons (Fsp3) is 0.400. The third-order valence-corrected chi connectivity index (χ3v) is 4.18. The topological polar surface area (TPSA) is 69.6 Å². The third-order valence-electron chi connectivity index (χ3n) is 3.27. The average Bonchev–Trinajstić information content (AvgIpc) is 3.01. The minimum Gasteiger partial charge on any atom is -0.330 e. The van der Waals surface area contributed by atoms with Gasteiger partial charge in [0.1, 0.15) is 11.2 Å². The molecule has 21 heavy (non-hydrogen) atoms. The van der Waals surface area contributed by atoms with Crippen LogP contribution in [-0.2, 0) is 12.0 Å². The molecule has 3 rings (SSSR count). The number of fused-ring (bicyclic) bond motifs is 1. The van der Waals surface area contributed by atoms with Gasteiger partial charge in [-0.25, -0.2) is 9.97 Å². The highest BCUT2D eigenvalue weighted by Gasteiger charge is 2.23. The van der Waals surface area contributed by atoms with Crippen LogP contribution in [-0.4, -0.2) is 26.1 Å². The molecule has 0 fully saturated rings. The van der Waals surface area contributed by atoms with Crippen LogP contribution in [0.25, 0.3) is 22.6 Å². The molecular formula is C15H19N5S. The molecule has 0 unspecified atom stereocenters. The van der Waals surface area contributed by atoms with Crippen LogP contribution in [0.4, 0.5) is 0 Å². The second-order valence-corrected chi connectivity index (χ2v) is 6.91. The third kappa shape index (κ3) is 2.56. The quantitative estimate of drug-likeness (QED) is 0.807. The first-order chi connectivity index (χ1) is 10.0. The van der Waals surface area contributed by atoms with E-state index in [9.17, 15) is 0 Å². The first kappa shape index (κ1) is 14.2. The van der Waals surface area contributed by atoms with Crippen molar-refractivity contribution in [3.05, 3.63) is 28.8 Å². The Labute approximate surface area is 127 Å². The minimum absolute atomic E-state index is 0.0803. The van der Waals surface area contributed by atoms with Gasteiger partial charge in [-0.3, -0.25) is 4.98 Å². The Bertz CT molecular complexity index is 766. The predicted octanol–water partition coefficient (Wildman–Crippen LogP) is 2.81. The molecule has 110 valence electrons. The number of rotatable bonds is 3. The van der Waals surface area contributed by atoms with Gasteiger partial charge in [0.05, 0.1) is 16.7 Å². The molecule has 0 saturated carbocycles. The molecule has 0 aromatic carbocycles. The van der Waals surface area contributed by atoms with Gasteiger partial charge in [0.2, 0.25) is 0 Å². The summed E-state index contributed by atoms with van der Waals surface area (Å²) in [5.74, 6) is 0.894. The lowest BCUT2D eigenvalue weighted by Gasteiger charge is -2.24. The molecule has 0 radical (unpaired) electrons. The normalized spacial score (nSPS) is 12.2. The minimum atomic E-state index is -0.0803. The van der Waals surface area contributed by atoms with Gasteiger partial charge in [0.15, 0.2) is 5.82 Å². The van der Waals surface area contributed by atoms with Crippen LogP contribution in [0.3, 0.4) is 0 Å². The molecule has 0 aliphatic heterocycles. The van der Waals surface area contributed by atoms with E-state index in [0.29, 0.717) is 6.54 Å². The van der Waals surface area contributed by atoms with Crippen molar-refractivity contribution in [1.82, 2.24) is 19.5 Å². The van der Waals surface area contributed by atoms with Gasteiger partial charge in [-0.2, -0.15) is 0 Å². The van der Waals surface area contributed by atoms with Crippen molar-refractivity contribution < 1.29 is 0 Å². The maximum Gasteiger partial charge on any atom is 0.161 e. The number of hydrogen-bond donors (Lipinski definition) is 1. The van der Waals surface area contributed by atoms with Crippen LogP contribution in [0, 0.1) is 0 Å². The van der Waals surface area contributed by atoms with Crippen LogP contribution in [0.15, 0.2) is 23.8 Å². The highest BCUT2D eigenvalue weighted by atomic mass is 32.1. The van der Waals surface area contributed by atoms with E-state index in [0.717, 1.165) is 34.0 Å². The average molecular weight is 301 g/mol. The summed E-state index contributed by atoms with van der Waals surface area (Å²) in [5, 5.41) is 3.11. The first-order valence-electron chi connectivity index (χ1n) is 6.98. The van der Waals surface area contributed by atoms with Crippen LogP contribution >= 0.6 is 11.3 Å². The summed E-state index contributed by atoms with van der Waals surface area (Å²) in [6.07, 6.45) is 4.41. The van der Waals surface area contributed by atoms with E-state index in [1.54, 1.807) is 23.7 Å². The van der Waals surface area contributed by atoms with Crippen molar-refractivity contribution >= 4 is 22.4 Å². The predicted molar refractivity (Wildman–Crippen MR) is 86.4 cm³/mol. The fourth-order valence-electron chi connectivity index (χ4n) is 2.43. The second-order valence-electron chi connectivity index (χ2n) is 5.97. The summed E-state index contributed by atoms with van der Waals surface area (Å²) in [4.78, 5) is 13.6. The summed E-state index contributed by atoms with van der Waals surface area (Å²) < 4.78 is 2.23. The van der Waals surface area contributed by atoms with E-state index >= 15 is 0 Å². The lowest BCUT2D eigenvalue weighted by atomic mass is 10.1. The fourth-order valence-corrected chi connectivity index (χ4v) is 3.23. The summed E-state index contributed by atoms with van der Waals surface area (Å²) in [6, 6.07) is 2.00. The van der Waals surface area contributed by atoms with Crippen LogP contribution in [0.1, 0.15) is 25.8 Å². The lowest BCUT2D eigenvalue weighted by molar-refractivity contribution is 0.412. The monoisotopic (exact) mass is 301 g/mol. The Kier molecular flexibility index (Phi) is 3.51. The first-order valence-corrected chi connectivity index (χ1v) is 7.86. The van der Waals surface area contributed by atoms with Crippen LogP contribution in [0.2, 0.25) is 0 Å². The largest absolute Gasteiger partial charge is 0.330 e. The van der Waals surface area contributed by atoms with E-state index in [1.807, 2.05) is 6.07 Å². The van der Waals surface area contributed by atoms with E-state index < -0.39 is 0 Å². The number of imidazole rings is 1. The van der Waals surface area contributed by atoms with Crippen molar-refractivity contribution in [3.8, 4) is 11.5 Å². The molecule has 3 aromatic heterocycles. The van der Waals surface area contributed by atoms with Crippen molar-refractivity contribution in [2.75, 3.05) is 6.54 Å². The molecule has 2 N–H and O–H groups in total. The Morgan fingerprint density at radius 2 is 2.10 bits per heavy atom. The second kappa shape index (κ2) is 5.20. The molecule has 3 heterocycles. The molecule has 0 spiro atoms. The van der Waals surface area contributed by atoms with Crippen molar-refractivity contribution in [2.24, 2.45) is 5.73 Å². The van der Waals surface area contributed by atoms with E-state index in [1.165, 1.54) is 0 Å². The molecule has 6 heteroatoms. The smallest absolute Gasteiger partial charge is 0.161 e. The van der Waals surface area contributed by atoms with Gasteiger partial charge in [-0.05, 0) is 33.4 Å².